The van der Waals surface area contributed by atoms with Gasteiger partial charge in [-0.3, -0.25) is 4.79 Å². The van der Waals surface area contributed by atoms with Gasteiger partial charge in [0.25, 0.3) is 0 Å². The van der Waals surface area contributed by atoms with Crippen LogP contribution in [0.5, 0.6) is 0 Å². The number of anilines is 1. The summed E-state index contributed by atoms with van der Waals surface area (Å²) in [6.07, 6.45) is 1.95. The first-order valence-corrected chi connectivity index (χ1v) is 9.83. The van der Waals surface area contributed by atoms with Crippen molar-refractivity contribution in [3.8, 4) is 0 Å². The van der Waals surface area contributed by atoms with E-state index < -0.39 is 0 Å². The number of hydrogen-bond acceptors (Lipinski definition) is 3. The highest BCUT2D eigenvalue weighted by molar-refractivity contribution is 5.92. The number of nitrogens with one attached hydrogen (secondary N) is 1. The van der Waals surface area contributed by atoms with Gasteiger partial charge in [0.2, 0.25) is 5.91 Å². The van der Waals surface area contributed by atoms with E-state index in [1.54, 1.807) is 16.9 Å². The van der Waals surface area contributed by atoms with Crippen LogP contribution >= 0.6 is 0 Å². The maximum absolute atomic E-state index is 13.1. The Morgan fingerprint density at radius 3 is 2.55 bits per heavy atom. The van der Waals surface area contributed by atoms with Gasteiger partial charge in [0.1, 0.15) is 6.54 Å². The lowest BCUT2D eigenvalue weighted by Crippen LogP contribution is -2.48. The molecule has 0 fully saturated rings. The molecule has 158 valence electrons. The van der Waals surface area contributed by atoms with Crippen molar-refractivity contribution in [1.82, 2.24) is 14.4 Å². The van der Waals surface area contributed by atoms with Gasteiger partial charge in [-0.25, -0.2) is 4.79 Å². The zero-order chi connectivity index (χ0) is 21.4. The molecular weight excluding hydrogens is 368 g/mol. The lowest BCUT2D eigenvalue weighted by molar-refractivity contribution is -0.133. The summed E-state index contributed by atoms with van der Waals surface area (Å²) in [5.41, 5.74) is 2.80. The normalized spacial score (nSPS) is 10.8. The molecular formula is C22H32N4O3. The van der Waals surface area contributed by atoms with Crippen LogP contribution in [-0.2, 0) is 23.1 Å². The van der Waals surface area contributed by atoms with Crippen LogP contribution in [0.1, 0.15) is 25.1 Å². The summed E-state index contributed by atoms with van der Waals surface area (Å²) in [5, 5.41) is 2.89. The van der Waals surface area contributed by atoms with Gasteiger partial charge in [0.05, 0.1) is 13.2 Å². The average molecular weight is 401 g/mol. The molecule has 2 aromatic rings. The predicted molar refractivity (Wildman–Crippen MR) is 115 cm³/mol. The predicted octanol–water partition coefficient (Wildman–Crippen LogP) is 3.25. The molecule has 0 saturated carbocycles. The average Bonchev–Trinajstić information content (AvgIpc) is 3.07. The highest BCUT2D eigenvalue weighted by atomic mass is 16.5. The number of aryl methyl sites for hydroxylation is 2. The van der Waals surface area contributed by atoms with Gasteiger partial charge in [-0.1, -0.05) is 12.1 Å². The number of ether oxygens (including phenoxy) is 1. The van der Waals surface area contributed by atoms with Crippen molar-refractivity contribution in [2.24, 2.45) is 7.05 Å². The summed E-state index contributed by atoms with van der Waals surface area (Å²) in [5.74, 6) is -0.114. The molecule has 1 N–H and O–H groups in total. The molecule has 0 spiro atoms. The Balaban J connectivity index is 2.09. The number of nitrogens with zero attached hydrogens (tertiary/aromatic N) is 3. The molecule has 2 rings (SSSR count). The number of rotatable bonds is 9. The van der Waals surface area contributed by atoms with E-state index in [0.717, 1.165) is 11.3 Å². The Hall–Kier alpha value is -2.80. The largest absolute Gasteiger partial charge is 0.383 e. The van der Waals surface area contributed by atoms with Crippen molar-refractivity contribution in [3.63, 3.8) is 0 Å². The zero-order valence-corrected chi connectivity index (χ0v) is 18.0. The number of carbonyl (C=O) groups excluding carboxylic acids is 2. The van der Waals surface area contributed by atoms with Crippen LogP contribution in [0, 0.1) is 6.92 Å². The van der Waals surface area contributed by atoms with Crippen LogP contribution in [0.2, 0.25) is 0 Å². The summed E-state index contributed by atoms with van der Waals surface area (Å²) >= 11 is 0. The standard InChI is InChI=1S/C22H32N4O3/c1-17(2)26(22(28)23-19-9-6-8-18(3)14-19)16-21(27)25(12-13-29-5)15-20-10-7-11-24(20)4/h6-11,14,17H,12-13,15-16H2,1-5H3,(H,23,28). The molecule has 0 saturated heterocycles. The number of benzene rings is 1. The van der Waals surface area contributed by atoms with Crippen molar-refractivity contribution in [2.75, 3.05) is 32.1 Å². The Kier molecular flexibility index (Phi) is 8.27. The number of urea groups is 1. The molecule has 0 aliphatic rings. The van der Waals surface area contributed by atoms with E-state index in [0.29, 0.717) is 25.4 Å². The number of amides is 3. The molecule has 0 radical (unpaired) electrons. The van der Waals surface area contributed by atoms with Crippen molar-refractivity contribution >= 4 is 17.6 Å². The molecule has 1 aromatic carbocycles. The monoisotopic (exact) mass is 400 g/mol. The highest BCUT2D eigenvalue weighted by Gasteiger charge is 2.24. The smallest absolute Gasteiger partial charge is 0.322 e. The highest BCUT2D eigenvalue weighted by Crippen LogP contribution is 2.13. The Bertz CT molecular complexity index is 816. The number of hydrogen-bond donors (Lipinski definition) is 1. The molecule has 0 atom stereocenters. The molecule has 0 aliphatic carbocycles. The van der Waals surface area contributed by atoms with E-state index in [4.69, 9.17) is 4.74 Å². The van der Waals surface area contributed by atoms with Crippen LogP contribution in [0.3, 0.4) is 0 Å². The van der Waals surface area contributed by atoms with Gasteiger partial charge in [0, 0.05) is 44.3 Å². The van der Waals surface area contributed by atoms with Crippen molar-refractivity contribution < 1.29 is 14.3 Å². The molecule has 1 heterocycles. The number of carbonyl (C=O) groups is 2. The fourth-order valence-electron chi connectivity index (χ4n) is 3.00. The molecule has 7 nitrogen and oxygen atoms in total. The quantitative estimate of drug-likeness (QED) is 0.703. The van der Waals surface area contributed by atoms with E-state index in [9.17, 15) is 9.59 Å². The first-order valence-electron chi connectivity index (χ1n) is 9.83. The van der Waals surface area contributed by atoms with Gasteiger partial charge in [0.15, 0.2) is 0 Å². The van der Waals surface area contributed by atoms with Gasteiger partial charge >= 0.3 is 6.03 Å². The SMILES string of the molecule is COCCN(Cc1cccn1C)C(=O)CN(C(=O)Nc1cccc(C)c1)C(C)C. The number of aromatic nitrogens is 1. The van der Waals surface area contributed by atoms with Crippen LogP contribution < -0.4 is 5.32 Å². The second kappa shape index (κ2) is 10.7. The Morgan fingerprint density at radius 2 is 1.97 bits per heavy atom. The fourth-order valence-corrected chi connectivity index (χ4v) is 3.00. The lowest BCUT2D eigenvalue weighted by Gasteiger charge is -2.30. The third-order valence-corrected chi connectivity index (χ3v) is 4.78. The molecule has 1 aromatic heterocycles. The number of methoxy groups -OCH3 is 1. The molecule has 0 bridgehead atoms. The minimum atomic E-state index is -0.287. The summed E-state index contributed by atoms with van der Waals surface area (Å²) in [6.45, 7) is 7.15. The fraction of sp³-hybridized carbons (Fsp3) is 0.455. The van der Waals surface area contributed by atoms with Gasteiger partial charge in [-0.2, -0.15) is 0 Å². The van der Waals surface area contributed by atoms with Crippen molar-refractivity contribution in [3.05, 3.63) is 53.9 Å². The maximum atomic E-state index is 13.1. The summed E-state index contributed by atoms with van der Waals surface area (Å²) in [6, 6.07) is 11.1. The molecule has 7 heteroatoms. The van der Waals surface area contributed by atoms with Crippen molar-refractivity contribution in [1.29, 1.82) is 0 Å². The molecule has 0 aliphatic heterocycles. The molecule has 0 unspecified atom stereocenters. The minimum Gasteiger partial charge on any atom is -0.383 e. The summed E-state index contributed by atoms with van der Waals surface area (Å²) < 4.78 is 7.15. The van der Waals surface area contributed by atoms with E-state index >= 15 is 0 Å². The van der Waals surface area contributed by atoms with E-state index in [-0.39, 0.29) is 24.5 Å². The van der Waals surface area contributed by atoms with E-state index in [2.05, 4.69) is 5.32 Å². The second-order valence-electron chi connectivity index (χ2n) is 7.44. The molecule has 29 heavy (non-hydrogen) atoms. The van der Waals surface area contributed by atoms with Gasteiger partial charge < -0.3 is 24.4 Å². The van der Waals surface area contributed by atoms with Gasteiger partial charge in [-0.05, 0) is 50.6 Å². The first-order chi connectivity index (χ1) is 13.8. The summed E-state index contributed by atoms with van der Waals surface area (Å²) in [4.78, 5) is 29.2. The topological polar surface area (TPSA) is 66.8 Å². The van der Waals surface area contributed by atoms with E-state index in [1.165, 1.54) is 0 Å². The minimum absolute atomic E-state index is 0.00343. The third-order valence-electron chi connectivity index (χ3n) is 4.78. The van der Waals surface area contributed by atoms with Crippen LogP contribution in [-0.4, -0.2) is 59.2 Å². The summed E-state index contributed by atoms with van der Waals surface area (Å²) in [7, 11) is 3.56. The van der Waals surface area contributed by atoms with Crippen LogP contribution in [0.4, 0.5) is 10.5 Å². The maximum Gasteiger partial charge on any atom is 0.322 e. The Morgan fingerprint density at radius 1 is 1.21 bits per heavy atom. The van der Waals surface area contributed by atoms with E-state index in [1.807, 2.05) is 75.0 Å². The Labute approximate surface area is 173 Å². The zero-order valence-electron chi connectivity index (χ0n) is 18.0. The van der Waals surface area contributed by atoms with Crippen molar-refractivity contribution in [2.45, 2.75) is 33.4 Å². The van der Waals surface area contributed by atoms with Gasteiger partial charge in [-0.15, -0.1) is 0 Å². The first kappa shape index (κ1) is 22.5. The lowest BCUT2D eigenvalue weighted by atomic mass is 10.2. The third kappa shape index (κ3) is 6.64. The second-order valence-corrected chi connectivity index (χ2v) is 7.44. The van der Waals surface area contributed by atoms with Crippen LogP contribution in [0.15, 0.2) is 42.6 Å². The molecule has 3 amide bonds. The van der Waals surface area contributed by atoms with Crippen LogP contribution in [0.25, 0.3) is 0 Å².